The Morgan fingerprint density at radius 3 is 2.46 bits per heavy atom. The van der Waals surface area contributed by atoms with Crippen LogP contribution in [0.15, 0.2) is 23.3 Å². The van der Waals surface area contributed by atoms with Crippen LogP contribution < -0.4 is 15.5 Å². The number of hydrogen-bond donors (Lipinski definition) is 2. The van der Waals surface area contributed by atoms with Gasteiger partial charge in [0.1, 0.15) is 5.82 Å². The van der Waals surface area contributed by atoms with Crippen LogP contribution >= 0.6 is 24.0 Å². The zero-order chi connectivity index (χ0) is 18.6. The lowest BCUT2D eigenvalue weighted by molar-refractivity contribution is 0.0154. The Balaban J connectivity index is 0.00000225. The first-order valence-electron chi connectivity index (χ1n) is 10.3. The number of aromatic nitrogens is 1. The van der Waals surface area contributed by atoms with E-state index in [2.05, 4.69) is 54.4 Å². The van der Waals surface area contributed by atoms with Crippen molar-refractivity contribution in [1.82, 2.24) is 25.4 Å². The number of piperazine rings is 3. The Morgan fingerprint density at radius 2 is 1.89 bits per heavy atom. The van der Waals surface area contributed by atoms with Crippen LogP contribution in [0.2, 0.25) is 0 Å². The van der Waals surface area contributed by atoms with Crippen molar-refractivity contribution in [3.63, 3.8) is 0 Å². The van der Waals surface area contributed by atoms with E-state index in [1.54, 1.807) is 0 Å². The van der Waals surface area contributed by atoms with Gasteiger partial charge in [-0.3, -0.25) is 14.8 Å². The van der Waals surface area contributed by atoms with E-state index in [4.69, 9.17) is 0 Å². The van der Waals surface area contributed by atoms with Gasteiger partial charge in [0.05, 0.1) is 0 Å². The van der Waals surface area contributed by atoms with Gasteiger partial charge >= 0.3 is 0 Å². The van der Waals surface area contributed by atoms with Crippen molar-refractivity contribution in [2.24, 2.45) is 4.99 Å². The van der Waals surface area contributed by atoms with Crippen molar-refractivity contribution < 1.29 is 0 Å². The van der Waals surface area contributed by atoms with Crippen LogP contribution in [0, 0.1) is 6.92 Å². The predicted octanol–water partition coefficient (Wildman–Crippen LogP) is 1.14. The van der Waals surface area contributed by atoms with Gasteiger partial charge in [-0.1, -0.05) is 6.07 Å². The number of aryl methyl sites for hydroxylation is 1. The summed E-state index contributed by atoms with van der Waals surface area (Å²) in [6.45, 7) is 11.2. The summed E-state index contributed by atoms with van der Waals surface area (Å²) in [6.07, 6.45) is 4.18. The van der Waals surface area contributed by atoms with Crippen molar-refractivity contribution in [3.05, 3.63) is 23.9 Å². The van der Waals surface area contributed by atoms with Crippen LogP contribution in [0.1, 0.15) is 18.4 Å². The summed E-state index contributed by atoms with van der Waals surface area (Å²) in [6, 6.07) is 5.36. The molecule has 0 spiro atoms. The van der Waals surface area contributed by atoms with Crippen molar-refractivity contribution in [2.45, 2.75) is 31.8 Å². The number of piperidine rings is 1. The van der Waals surface area contributed by atoms with E-state index >= 15 is 0 Å². The van der Waals surface area contributed by atoms with Gasteiger partial charge in [-0.2, -0.15) is 0 Å². The van der Waals surface area contributed by atoms with E-state index in [0.717, 1.165) is 44.3 Å². The summed E-state index contributed by atoms with van der Waals surface area (Å²) in [4.78, 5) is 16.6. The second-order valence-electron chi connectivity index (χ2n) is 8.04. The second-order valence-corrected chi connectivity index (χ2v) is 8.04. The minimum Gasteiger partial charge on any atom is -0.356 e. The average molecular weight is 499 g/mol. The van der Waals surface area contributed by atoms with E-state index in [-0.39, 0.29) is 24.0 Å². The highest BCUT2D eigenvalue weighted by atomic mass is 127. The smallest absolute Gasteiger partial charge is 0.191 e. The molecule has 28 heavy (non-hydrogen) atoms. The zero-order valence-electron chi connectivity index (χ0n) is 17.1. The topological polar surface area (TPSA) is 59.0 Å². The lowest BCUT2D eigenvalue weighted by atomic mass is 10.1. The Labute approximate surface area is 186 Å². The predicted molar refractivity (Wildman–Crippen MR) is 126 cm³/mol. The minimum absolute atomic E-state index is 0. The molecule has 5 heterocycles. The molecule has 4 saturated heterocycles. The number of halogens is 1. The molecule has 1 unspecified atom stereocenters. The van der Waals surface area contributed by atoms with Gasteiger partial charge < -0.3 is 15.5 Å². The molecule has 4 aliphatic heterocycles. The average Bonchev–Trinajstić information content (AvgIpc) is 2.73. The first-order chi connectivity index (χ1) is 13.2. The fourth-order valence-corrected chi connectivity index (χ4v) is 4.42. The molecule has 4 fully saturated rings. The maximum Gasteiger partial charge on any atom is 0.191 e. The first kappa shape index (κ1) is 21.6. The third kappa shape index (κ3) is 5.27. The Kier molecular flexibility index (Phi) is 7.76. The third-order valence-electron chi connectivity index (χ3n) is 6.18. The second kappa shape index (κ2) is 10.1. The molecule has 1 aromatic rings. The van der Waals surface area contributed by atoms with Crippen LogP contribution in [0.4, 0.5) is 5.82 Å². The molecule has 2 bridgehead atoms. The standard InChI is InChI=1S/C20H33N7.HI/c1-16-3-4-19(22-13-16)27-7-5-17(6-8-27)24-20(21-2)23-14-18-15-25-9-11-26(18)12-10-25;/h3-4,13,17-18H,5-12,14-15H2,1-2H3,(H2,21,23,24);1H. The van der Waals surface area contributed by atoms with Crippen molar-refractivity contribution in [2.75, 3.05) is 64.3 Å². The number of hydrogen-bond acceptors (Lipinski definition) is 5. The maximum atomic E-state index is 4.56. The van der Waals surface area contributed by atoms with Crippen LogP contribution in [0.3, 0.4) is 0 Å². The normalized spacial score (nSPS) is 28.0. The summed E-state index contributed by atoms with van der Waals surface area (Å²) < 4.78 is 0. The molecular formula is C20H34IN7. The molecule has 5 rings (SSSR count). The van der Waals surface area contributed by atoms with Crippen LogP contribution in [0.5, 0.6) is 0 Å². The van der Waals surface area contributed by atoms with Gasteiger partial charge in [-0.05, 0) is 31.4 Å². The minimum atomic E-state index is 0. The van der Waals surface area contributed by atoms with Gasteiger partial charge in [-0.25, -0.2) is 4.98 Å². The molecule has 8 heteroatoms. The summed E-state index contributed by atoms with van der Waals surface area (Å²) in [5.41, 5.74) is 1.21. The summed E-state index contributed by atoms with van der Waals surface area (Å²) >= 11 is 0. The number of rotatable bonds is 4. The van der Waals surface area contributed by atoms with Crippen molar-refractivity contribution in [1.29, 1.82) is 0 Å². The number of aliphatic imine (C=N–C) groups is 1. The Bertz CT molecular complexity index is 634. The van der Waals surface area contributed by atoms with Gasteiger partial charge in [0.2, 0.25) is 0 Å². The quantitative estimate of drug-likeness (QED) is 0.368. The first-order valence-corrected chi connectivity index (χ1v) is 10.3. The van der Waals surface area contributed by atoms with Crippen molar-refractivity contribution in [3.8, 4) is 0 Å². The van der Waals surface area contributed by atoms with Crippen molar-refractivity contribution >= 4 is 35.8 Å². The van der Waals surface area contributed by atoms with Gasteiger partial charge in [-0.15, -0.1) is 24.0 Å². The molecule has 0 aliphatic carbocycles. The number of pyridine rings is 1. The number of guanidine groups is 1. The lowest BCUT2D eigenvalue weighted by Crippen LogP contribution is -2.64. The SMILES string of the molecule is CN=C(NCC1CN2CCN1CC2)NC1CCN(c2ccc(C)cn2)CC1.I. The van der Waals surface area contributed by atoms with Gasteiger partial charge in [0.25, 0.3) is 0 Å². The van der Waals surface area contributed by atoms with E-state index in [1.807, 2.05) is 13.2 Å². The number of anilines is 1. The molecule has 7 nitrogen and oxygen atoms in total. The molecule has 156 valence electrons. The number of nitrogens with zero attached hydrogens (tertiary/aromatic N) is 5. The fourth-order valence-electron chi connectivity index (χ4n) is 4.42. The lowest BCUT2D eigenvalue weighted by Gasteiger charge is -2.47. The van der Waals surface area contributed by atoms with Crippen LogP contribution in [-0.4, -0.2) is 92.2 Å². The fraction of sp³-hybridized carbons (Fsp3) is 0.700. The summed E-state index contributed by atoms with van der Waals surface area (Å²) in [5, 5.41) is 7.20. The third-order valence-corrected chi connectivity index (χ3v) is 6.18. The molecule has 0 saturated carbocycles. The maximum absolute atomic E-state index is 4.56. The Morgan fingerprint density at radius 1 is 1.14 bits per heavy atom. The highest BCUT2D eigenvalue weighted by molar-refractivity contribution is 14.0. The Hall–Kier alpha value is -1.13. The molecule has 0 amide bonds. The highest BCUT2D eigenvalue weighted by Gasteiger charge is 2.31. The zero-order valence-corrected chi connectivity index (χ0v) is 19.4. The van der Waals surface area contributed by atoms with Gasteiger partial charge in [0, 0.05) is 77.7 Å². The van der Waals surface area contributed by atoms with E-state index < -0.39 is 0 Å². The summed E-state index contributed by atoms with van der Waals surface area (Å²) in [5.74, 6) is 2.04. The molecule has 2 N–H and O–H groups in total. The molecular weight excluding hydrogens is 465 g/mol. The number of nitrogens with one attached hydrogen (secondary N) is 2. The molecule has 1 atom stereocenters. The molecule has 0 radical (unpaired) electrons. The monoisotopic (exact) mass is 499 g/mol. The van der Waals surface area contributed by atoms with E-state index in [0.29, 0.717) is 12.1 Å². The van der Waals surface area contributed by atoms with Crippen LogP contribution in [-0.2, 0) is 0 Å². The van der Waals surface area contributed by atoms with E-state index in [9.17, 15) is 0 Å². The molecule has 4 aliphatic rings. The summed E-state index contributed by atoms with van der Waals surface area (Å²) in [7, 11) is 1.87. The largest absolute Gasteiger partial charge is 0.356 e. The molecule has 0 aromatic carbocycles. The van der Waals surface area contributed by atoms with E-state index in [1.165, 1.54) is 38.3 Å². The van der Waals surface area contributed by atoms with Crippen LogP contribution in [0.25, 0.3) is 0 Å². The number of fused-ring (bicyclic) bond motifs is 3. The highest BCUT2D eigenvalue weighted by Crippen LogP contribution is 2.18. The molecule has 1 aromatic heterocycles. The van der Waals surface area contributed by atoms with Gasteiger partial charge in [0.15, 0.2) is 5.96 Å².